The first kappa shape index (κ1) is 13.3. The summed E-state index contributed by atoms with van der Waals surface area (Å²) in [5, 5.41) is 0. The first-order valence-corrected chi connectivity index (χ1v) is 5.53. The molecule has 0 saturated heterocycles. The van der Waals surface area contributed by atoms with Gasteiger partial charge in [-0.05, 0) is 25.0 Å². The molecule has 0 aromatic carbocycles. The average Bonchev–Trinajstić information content (AvgIpc) is 2.05. The van der Waals surface area contributed by atoms with Gasteiger partial charge in [0.15, 0.2) is 6.29 Å². The highest BCUT2D eigenvalue weighted by Crippen LogP contribution is 2.25. The molecule has 3 heteroatoms. The Labute approximate surface area is 87.4 Å². The van der Waals surface area contributed by atoms with E-state index in [0.29, 0.717) is 13.2 Å². The zero-order valence-electron chi connectivity index (χ0n) is 9.17. The summed E-state index contributed by atoms with van der Waals surface area (Å²) in [5.41, 5.74) is 0.179. The highest BCUT2D eigenvalue weighted by molar-refractivity contribution is 7.80. The molecule has 0 fully saturated rings. The molecule has 0 saturated carbocycles. The van der Waals surface area contributed by atoms with Crippen LogP contribution in [0.1, 0.15) is 34.1 Å². The molecule has 0 aromatic rings. The number of rotatable bonds is 7. The largest absolute Gasteiger partial charge is 0.353 e. The van der Waals surface area contributed by atoms with Crippen LogP contribution < -0.4 is 0 Å². The van der Waals surface area contributed by atoms with Gasteiger partial charge in [0.25, 0.3) is 0 Å². The molecule has 0 rings (SSSR count). The first-order chi connectivity index (χ1) is 6.05. The van der Waals surface area contributed by atoms with Gasteiger partial charge in [-0.2, -0.15) is 12.6 Å². The molecule has 0 heterocycles. The van der Waals surface area contributed by atoms with Crippen molar-refractivity contribution in [1.82, 2.24) is 0 Å². The van der Waals surface area contributed by atoms with E-state index in [1.807, 2.05) is 13.8 Å². The second-order valence-corrected chi connectivity index (χ2v) is 4.18. The fourth-order valence-electron chi connectivity index (χ4n) is 1.05. The van der Waals surface area contributed by atoms with E-state index >= 15 is 0 Å². The van der Waals surface area contributed by atoms with E-state index in [2.05, 4.69) is 26.5 Å². The van der Waals surface area contributed by atoms with Gasteiger partial charge in [-0.3, -0.25) is 0 Å². The maximum Gasteiger partial charge on any atom is 0.158 e. The van der Waals surface area contributed by atoms with E-state index < -0.39 is 0 Å². The molecule has 0 aliphatic rings. The van der Waals surface area contributed by atoms with Crippen LogP contribution in [0.25, 0.3) is 0 Å². The predicted molar refractivity (Wildman–Crippen MR) is 59.3 cm³/mol. The fraction of sp³-hybridized carbons (Fsp3) is 1.00. The Morgan fingerprint density at radius 1 is 1.15 bits per heavy atom. The topological polar surface area (TPSA) is 18.5 Å². The van der Waals surface area contributed by atoms with E-state index in [9.17, 15) is 0 Å². The number of ether oxygens (including phenoxy) is 2. The van der Waals surface area contributed by atoms with Crippen LogP contribution in [-0.2, 0) is 9.47 Å². The van der Waals surface area contributed by atoms with Gasteiger partial charge in [0.1, 0.15) is 0 Å². The number of hydrogen-bond acceptors (Lipinski definition) is 3. The molecule has 13 heavy (non-hydrogen) atoms. The smallest absolute Gasteiger partial charge is 0.158 e. The monoisotopic (exact) mass is 206 g/mol. The zero-order chi connectivity index (χ0) is 10.3. The second kappa shape index (κ2) is 6.68. The summed E-state index contributed by atoms with van der Waals surface area (Å²) < 4.78 is 10.9. The molecule has 0 bridgehead atoms. The van der Waals surface area contributed by atoms with Gasteiger partial charge in [-0.25, -0.2) is 0 Å². The quantitative estimate of drug-likeness (QED) is 0.510. The van der Waals surface area contributed by atoms with Crippen molar-refractivity contribution in [2.45, 2.75) is 40.4 Å². The average molecular weight is 206 g/mol. The van der Waals surface area contributed by atoms with Crippen LogP contribution >= 0.6 is 12.6 Å². The van der Waals surface area contributed by atoms with E-state index in [1.165, 1.54) is 0 Å². The second-order valence-electron chi connectivity index (χ2n) is 3.87. The number of hydrogen-bond donors (Lipinski definition) is 1. The van der Waals surface area contributed by atoms with Crippen LogP contribution in [-0.4, -0.2) is 25.3 Å². The summed E-state index contributed by atoms with van der Waals surface area (Å²) in [6, 6.07) is 0. The molecule has 0 aliphatic carbocycles. The lowest BCUT2D eigenvalue weighted by atomic mass is 9.91. The van der Waals surface area contributed by atoms with Crippen molar-refractivity contribution in [2.75, 3.05) is 19.0 Å². The summed E-state index contributed by atoms with van der Waals surface area (Å²) in [6.07, 6.45) is 0.829. The molecule has 80 valence electrons. The normalized spacial score (nSPS) is 12.5. The Bertz CT molecular complexity index is 120. The molecule has 0 atom stereocenters. The van der Waals surface area contributed by atoms with Gasteiger partial charge >= 0.3 is 0 Å². The lowest BCUT2D eigenvalue weighted by molar-refractivity contribution is -0.151. The molecule has 0 N–H and O–H groups in total. The van der Waals surface area contributed by atoms with Gasteiger partial charge in [-0.15, -0.1) is 0 Å². The van der Waals surface area contributed by atoms with Crippen LogP contribution in [0.4, 0.5) is 0 Å². The van der Waals surface area contributed by atoms with Crippen molar-refractivity contribution >= 4 is 12.6 Å². The number of thiol groups is 1. The van der Waals surface area contributed by atoms with Gasteiger partial charge in [-0.1, -0.05) is 13.8 Å². The van der Waals surface area contributed by atoms with Crippen molar-refractivity contribution in [3.8, 4) is 0 Å². The summed E-state index contributed by atoms with van der Waals surface area (Å²) in [5.74, 6) is 0.851. The highest BCUT2D eigenvalue weighted by Gasteiger charge is 2.22. The molecule has 2 nitrogen and oxygen atoms in total. The van der Waals surface area contributed by atoms with E-state index in [-0.39, 0.29) is 11.7 Å². The highest BCUT2D eigenvalue weighted by atomic mass is 32.1. The Balaban J connectivity index is 3.92. The third-order valence-electron chi connectivity index (χ3n) is 1.85. The van der Waals surface area contributed by atoms with Gasteiger partial charge < -0.3 is 9.47 Å². The molecule has 0 radical (unpaired) electrons. The maximum absolute atomic E-state index is 5.46. The minimum absolute atomic E-state index is 0.0721. The van der Waals surface area contributed by atoms with Crippen molar-refractivity contribution in [3.63, 3.8) is 0 Å². The SMILES string of the molecule is CCOC(CC(C)(C)CS)OCC. The van der Waals surface area contributed by atoms with Crippen LogP contribution in [0.3, 0.4) is 0 Å². The molecular weight excluding hydrogens is 184 g/mol. The van der Waals surface area contributed by atoms with E-state index in [4.69, 9.17) is 9.47 Å². The van der Waals surface area contributed by atoms with Crippen molar-refractivity contribution in [1.29, 1.82) is 0 Å². The Kier molecular flexibility index (Phi) is 6.82. The van der Waals surface area contributed by atoms with Gasteiger partial charge in [0.05, 0.1) is 0 Å². The van der Waals surface area contributed by atoms with Crippen LogP contribution in [0.5, 0.6) is 0 Å². The summed E-state index contributed by atoms with van der Waals surface area (Å²) in [6.45, 7) is 9.72. The minimum Gasteiger partial charge on any atom is -0.353 e. The lowest BCUT2D eigenvalue weighted by Gasteiger charge is -2.27. The van der Waals surface area contributed by atoms with E-state index in [1.54, 1.807) is 0 Å². The molecule has 0 spiro atoms. The maximum atomic E-state index is 5.46. The van der Waals surface area contributed by atoms with Crippen molar-refractivity contribution < 1.29 is 9.47 Å². The Morgan fingerprint density at radius 2 is 1.62 bits per heavy atom. The summed E-state index contributed by atoms with van der Waals surface area (Å²) in [4.78, 5) is 0. The van der Waals surface area contributed by atoms with Crippen LogP contribution in [0, 0.1) is 5.41 Å². The summed E-state index contributed by atoms with van der Waals surface area (Å²) >= 11 is 4.30. The molecule has 0 aliphatic heterocycles. The van der Waals surface area contributed by atoms with Crippen LogP contribution in [0.15, 0.2) is 0 Å². The molecule has 0 unspecified atom stereocenters. The molecule has 0 amide bonds. The fourth-order valence-corrected chi connectivity index (χ4v) is 1.18. The van der Waals surface area contributed by atoms with Gasteiger partial charge in [0, 0.05) is 19.6 Å². The standard InChI is InChI=1S/C10H22O2S/c1-5-11-9(12-6-2)7-10(3,4)8-13/h9,13H,5-8H2,1-4H3. The zero-order valence-corrected chi connectivity index (χ0v) is 10.1. The van der Waals surface area contributed by atoms with Crippen molar-refractivity contribution in [2.24, 2.45) is 5.41 Å². The summed E-state index contributed by atoms with van der Waals surface area (Å²) in [7, 11) is 0. The van der Waals surface area contributed by atoms with Crippen molar-refractivity contribution in [3.05, 3.63) is 0 Å². The third-order valence-corrected chi connectivity index (χ3v) is 2.71. The molecular formula is C10H22O2S. The van der Waals surface area contributed by atoms with Crippen LogP contribution in [0.2, 0.25) is 0 Å². The Morgan fingerprint density at radius 3 is 1.92 bits per heavy atom. The predicted octanol–water partition coefficient (Wildman–Crippen LogP) is 2.73. The first-order valence-electron chi connectivity index (χ1n) is 4.89. The minimum atomic E-state index is -0.0721. The lowest BCUT2D eigenvalue weighted by Crippen LogP contribution is -2.27. The van der Waals surface area contributed by atoms with Gasteiger partial charge in [0.2, 0.25) is 0 Å². The van der Waals surface area contributed by atoms with E-state index in [0.717, 1.165) is 12.2 Å². The molecule has 0 aromatic heterocycles. The third kappa shape index (κ3) is 6.36. The Hall–Kier alpha value is 0.270.